The second-order valence-electron chi connectivity index (χ2n) is 6.41. The van der Waals surface area contributed by atoms with Crippen LogP contribution in [-0.2, 0) is 6.42 Å². The number of hydrogen-bond donors (Lipinski definition) is 1. The molecule has 0 amide bonds. The smallest absolute Gasteiger partial charge is 0.116 e. The van der Waals surface area contributed by atoms with E-state index in [1.54, 1.807) is 6.07 Å². The number of fused-ring (bicyclic) bond motifs is 4. The summed E-state index contributed by atoms with van der Waals surface area (Å²) in [6.45, 7) is 0. The molecule has 0 heterocycles. The standard InChI is InChI=1S/C23H16O/c24-19-11-10-15-12-18(9-8-16(15)13-19)21-6-3-7-22-20-5-2-1-4-17(20)14-23(21)22/h1-13,24H,14H2. The van der Waals surface area contributed by atoms with Gasteiger partial charge >= 0.3 is 0 Å². The van der Waals surface area contributed by atoms with Gasteiger partial charge in [-0.2, -0.15) is 0 Å². The van der Waals surface area contributed by atoms with Gasteiger partial charge in [0, 0.05) is 0 Å². The van der Waals surface area contributed by atoms with Crippen molar-refractivity contribution in [2.75, 3.05) is 0 Å². The van der Waals surface area contributed by atoms with Crippen molar-refractivity contribution in [3.05, 3.63) is 90.0 Å². The van der Waals surface area contributed by atoms with Gasteiger partial charge in [0.15, 0.2) is 0 Å². The minimum absolute atomic E-state index is 0.311. The molecule has 0 saturated heterocycles. The molecule has 0 saturated carbocycles. The lowest BCUT2D eigenvalue weighted by atomic mass is 9.94. The van der Waals surface area contributed by atoms with Crippen molar-refractivity contribution in [2.45, 2.75) is 6.42 Å². The third-order valence-electron chi connectivity index (χ3n) is 4.99. The van der Waals surface area contributed by atoms with Gasteiger partial charge in [0.2, 0.25) is 0 Å². The number of phenolic OH excluding ortho intramolecular Hbond substituents is 1. The Morgan fingerprint density at radius 1 is 0.625 bits per heavy atom. The van der Waals surface area contributed by atoms with Gasteiger partial charge in [-0.1, -0.05) is 60.7 Å². The summed E-state index contributed by atoms with van der Waals surface area (Å²) in [5.74, 6) is 0.311. The summed E-state index contributed by atoms with van der Waals surface area (Å²) in [7, 11) is 0. The van der Waals surface area contributed by atoms with Gasteiger partial charge in [-0.15, -0.1) is 0 Å². The zero-order chi connectivity index (χ0) is 16.1. The lowest BCUT2D eigenvalue weighted by molar-refractivity contribution is 0.476. The van der Waals surface area contributed by atoms with E-state index in [1.807, 2.05) is 12.1 Å². The highest BCUT2D eigenvalue weighted by Crippen LogP contribution is 2.41. The van der Waals surface area contributed by atoms with Crippen molar-refractivity contribution in [2.24, 2.45) is 0 Å². The molecule has 1 heteroatoms. The van der Waals surface area contributed by atoms with Crippen LogP contribution in [0.5, 0.6) is 5.75 Å². The quantitative estimate of drug-likeness (QED) is 0.416. The molecule has 0 spiro atoms. The molecule has 1 aliphatic rings. The fourth-order valence-electron chi connectivity index (χ4n) is 3.83. The molecule has 5 rings (SSSR count). The Bertz CT molecular complexity index is 1090. The monoisotopic (exact) mass is 308 g/mol. The lowest BCUT2D eigenvalue weighted by Gasteiger charge is -2.10. The fourth-order valence-corrected chi connectivity index (χ4v) is 3.83. The Balaban J connectivity index is 1.70. The first-order chi connectivity index (χ1) is 11.8. The minimum atomic E-state index is 0.311. The molecule has 0 aromatic heterocycles. The van der Waals surface area contributed by atoms with Gasteiger partial charge in [0.1, 0.15) is 5.75 Å². The third-order valence-corrected chi connectivity index (χ3v) is 4.99. The molecular weight excluding hydrogens is 292 g/mol. The highest BCUT2D eigenvalue weighted by atomic mass is 16.3. The van der Waals surface area contributed by atoms with E-state index in [0.717, 1.165) is 17.2 Å². The van der Waals surface area contributed by atoms with Crippen molar-refractivity contribution >= 4 is 10.8 Å². The average Bonchev–Trinajstić information content (AvgIpc) is 3.00. The summed E-state index contributed by atoms with van der Waals surface area (Å²) in [5.41, 5.74) is 8.08. The molecule has 0 radical (unpaired) electrons. The molecule has 0 atom stereocenters. The Morgan fingerprint density at radius 2 is 1.38 bits per heavy atom. The third kappa shape index (κ3) is 1.95. The highest BCUT2D eigenvalue weighted by molar-refractivity contribution is 5.91. The van der Waals surface area contributed by atoms with E-state index in [0.29, 0.717) is 5.75 Å². The predicted octanol–water partition coefficient (Wildman–Crippen LogP) is 5.78. The Kier molecular flexibility index (Phi) is 2.77. The molecule has 114 valence electrons. The van der Waals surface area contributed by atoms with E-state index in [9.17, 15) is 5.11 Å². The van der Waals surface area contributed by atoms with E-state index in [-0.39, 0.29) is 0 Å². The summed E-state index contributed by atoms with van der Waals surface area (Å²) in [6.07, 6.45) is 0.995. The van der Waals surface area contributed by atoms with E-state index >= 15 is 0 Å². The summed E-state index contributed by atoms with van der Waals surface area (Å²) in [4.78, 5) is 0. The van der Waals surface area contributed by atoms with Crippen molar-refractivity contribution in [1.82, 2.24) is 0 Å². The van der Waals surface area contributed by atoms with E-state index in [4.69, 9.17) is 0 Å². The van der Waals surface area contributed by atoms with Gasteiger partial charge in [-0.25, -0.2) is 0 Å². The van der Waals surface area contributed by atoms with Gasteiger partial charge in [0.25, 0.3) is 0 Å². The zero-order valence-electron chi connectivity index (χ0n) is 13.2. The van der Waals surface area contributed by atoms with E-state index < -0.39 is 0 Å². The largest absolute Gasteiger partial charge is 0.508 e. The fraction of sp³-hybridized carbons (Fsp3) is 0.0435. The SMILES string of the molecule is Oc1ccc2cc(-c3cccc4c3Cc3ccccc3-4)ccc2c1. The van der Waals surface area contributed by atoms with Gasteiger partial charge < -0.3 is 5.11 Å². The van der Waals surface area contributed by atoms with Crippen molar-refractivity contribution < 1.29 is 5.11 Å². The van der Waals surface area contributed by atoms with Crippen LogP contribution in [-0.4, -0.2) is 5.11 Å². The molecule has 0 aliphatic heterocycles. The normalized spacial score (nSPS) is 12.2. The summed E-state index contributed by atoms with van der Waals surface area (Å²) in [6, 6.07) is 27.3. The molecule has 1 nitrogen and oxygen atoms in total. The molecule has 0 unspecified atom stereocenters. The number of benzene rings is 4. The summed E-state index contributed by atoms with van der Waals surface area (Å²) < 4.78 is 0. The van der Waals surface area contributed by atoms with Crippen LogP contribution in [0.25, 0.3) is 33.0 Å². The zero-order valence-corrected chi connectivity index (χ0v) is 13.2. The van der Waals surface area contributed by atoms with Crippen LogP contribution >= 0.6 is 0 Å². The topological polar surface area (TPSA) is 20.2 Å². The Morgan fingerprint density at radius 3 is 2.33 bits per heavy atom. The van der Waals surface area contributed by atoms with Crippen LogP contribution in [0.2, 0.25) is 0 Å². The van der Waals surface area contributed by atoms with Crippen LogP contribution < -0.4 is 0 Å². The summed E-state index contributed by atoms with van der Waals surface area (Å²) in [5, 5.41) is 11.9. The van der Waals surface area contributed by atoms with Crippen LogP contribution in [0.1, 0.15) is 11.1 Å². The first kappa shape index (κ1) is 13.4. The average molecular weight is 308 g/mol. The van der Waals surface area contributed by atoms with Crippen molar-refractivity contribution in [3.63, 3.8) is 0 Å². The maximum absolute atomic E-state index is 9.64. The molecule has 4 aromatic rings. The molecule has 0 bridgehead atoms. The maximum atomic E-state index is 9.64. The molecule has 1 N–H and O–H groups in total. The first-order valence-electron chi connectivity index (χ1n) is 8.23. The molecule has 1 aliphatic carbocycles. The molecular formula is C23H16O. The second-order valence-corrected chi connectivity index (χ2v) is 6.41. The number of aromatic hydroxyl groups is 1. The second kappa shape index (κ2) is 4.97. The van der Waals surface area contributed by atoms with Gasteiger partial charge in [-0.05, 0) is 68.8 Å². The highest BCUT2D eigenvalue weighted by Gasteiger charge is 2.20. The minimum Gasteiger partial charge on any atom is -0.508 e. The Hall–Kier alpha value is -3.06. The summed E-state index contributed by atoms with van der Waals surface area (Å²) >= 11 is 0. The van der Waals surface area contributed by atoms with E-state index in [1.165, 1.54) is 33.4 Å². The molecule has 0 fully saturated rings. The van der Waals surface area contributed by atoms with Crippen LogP contribution in [0.4, 0.5) is 0 Å². The van der Waals surface area contributed by atoms with Gasteiger partial charge in [0.05, 0.1) is 0 Å². The predicted molar refractivity (Wildman–Crippen MR) is 99.3 cm³/mol. The van der Waals surface area contributed by atoms with Crippen LogP contribution in [0.15, 0.2) is 78.9 Å². The van der Waals surface area contributed by atoms with E-state index in [2.05, 4.69) is 60.7 Å². The number of phenols is 1. The van der Waals surface area contributed by atoms with Crippen LogP contribution in [0, 0.1) is 0 Å². The Labute approximate surface area is 140 Å². The van der Waals surface area contributed by atoms with Crippen molar-refractivity contribution in [1.29, 1.82) is 0 Å². The molecule has 4 aromatic carbocycles. The van der Waals surface area contributed by atoms with Crippen LogP contribution in [0.3, 0.4) is 0 Å². The molecule has 24 heavy (non-hydrogen) atoms. The number of rotatable bonds is 1. The maximum Gasteiger partial charge on any atom is 0.116 e. The van der Waals surface area contributed by atoms with Gasteiger partial charge in [-0.3, -0.25) is 0 Å². The first-order valence-corrected chi connectivity index (χ1v) is 8.23. The van der Waals surface area contributed by atoms with Crippen molar-refractivity contribution in [3.8, 4) is 28.0 Å². The number of hydrogen-bond acceptors (Lipinski definition) is 1. The lowest BCUT2D eigenvalue weighted by Crippen LogP contribution is -1.88.